The maximum Gasteiger partial charge on any atom is 0.352 e. The fourth-order valence-electron chi connectivity index (χ4n) is 2.97. The van der Waals surface area contributed by atoms with Crippen LogP contribution in [0.2, 0.25) is 10.0 Å². The van der Waals surface area contributed by atoms with E-state index in [0.717, 1.165) is 27.1 Å². The van der Waals surface area contributed by atoms with E-state index >= 15 is 0 Å². The quantitative estimate of drug-likeness (QED) is 0.349. The average molecular weight is 449 g/mol. The van der Waals surface area contributed by atoms with Gasteiger partial charge in [0.05, 0.1) is 22.1 Å². The minimum Gasteiger partial charge on any atom is -0.489 e. The second kappa shape index (κ2) is 8.93. The lowest BCUT2D eigenvalue weighted by molar-refractivity contribution is 0.216. The summed E-state index contributed by atoms with van der Waals surface area (Å²) in [6, 6.07) is 11.7. The molecule has 0 aliphatic rings. The van der Waals surface area contributed by atoms with Crippen molar-refractivity contribution < 1.29 is 9.53 Å². The fraction of sp³-hybridized carbons (Fsp3) is 0.200. The molecule has 0 aliphatic heterocycles. The SMILES string of the molecule is Cc1cc(C)n(-c2ccc(OCc3c(Cl)cccc3N(N)C(=O)N(C)N)cc2Cl)n1. The van der Waals surface area contributed by atoms with Crippen molar-refractivity contribution in [1.29, 1.82) is 0 Å². The molecule has 0 atom stereocenters. The summed E-state index contributed by atoms with van der Waals surface area (Å²) in [5, 5.41) is 7.13. The van der Waals surface area contributed by atoms with Crippen molar-refractivity contribution in [2.24, 2.45) is 11.7 Å². The number of anilines is 1. The van der Waals surface area contributed by atoms with E-state index in [0.29, 0.717) is 27.0 Å². The lowest BCUT2D eigenvalue weighted by Crippen LogP contribution is -2.49. The van der Waals surface area contributed by atoms with Crippen molar-refractivity contribution in [3.05, 3.63) is 69.5 Å². The number of hydrazine groups is 2. The number of urea groups is 1. The van der Waals surface area contributed by atoms with Crippen LogP contribution >= 0.6 is 23.2 Å². The molecule has 2 amide bonds. The first kappa shape index (κ1) is 21.9. The number of carbonyl (C=O) groups is 1. The molecule has 4 N–H and O–H groups in total. The van der Waals surface area contributed by atoms with Crippen LogP contribution in [0.5, 0.6) is 5.75 Å². The number of aryl methyl sites for hydroxylation is 2. The maximum absolute atomic E-state index is 12.1. The Hall–Kier alpha value is -2.78. The zero-order valence-electron chi connectivity index (χ0n) is 16.8. The van der Waals surface area contributed by atoms with Gasteiger partial charge >= 0.3 is 6.03 Å². The molecule has 0 bridgehead atoms. The summed E-state index contributed by atoms with van der Waals surface area (Å²) >= 11 is 12.8. The van der Waals surface area contributed by atoms with E-state index in [1.807, 2.05) is 26.0 Å². The second-order valence-electron chi connectivity index (χ2n) is 6.74. The summed E-state index contributed by atoms with van der Waals surface area (Å²) in [4.78, 5) is 12.1. The molecular weight excluding hydrogens is 427 g/mol. The number of benzene rings is 2. The fourth-order valence-corrected chi connectivity index (χ4v) is 3.44. The highest BCUT2D eigenvalue weighted by Crippen LogP contribution is 2.30. The Labute approximate surface area is 184 Å². The van der Waals surface area contributed by atoms with Crippen LogP contribution in [0.15, 0.2) is 42.5 Å². The van der Waals surface area contributed by atoms with Gasteiger partial charge in [0.25, 0.3) is 0 Å². The summed E-state index contributed by atoms with van der Waals surface area (Å²) in [5.74, 6) is 11.9. The van der Waals surface area contributed by atoms with Crippen LogP contribution in [0, 0.1) is 13.8 Å². The second-order valence-corrected chi connectivity index (χ2v) is 7.56. The zero-order chi connectivity index (χ0) is 22.0. The van der Waals surface area contributed by atoms with Crippen molar-refractivity contribution >= 4 is 34.9 Å². The number of nitrogens with two attached hydrogens (primary N) is 2. The van der Waals surface area contributed by atoms with Crippen LogP contribution < -0.4 is 21.4 Å². The Kier molecular flexibility index (Phi) is 6.52. The van der Waals surface area contributed by atoms with Gasteiger partial charge in [0.1, 0.15) is 12.4 Å². The lowest BCUT2D eigenvalue weighted by atomic mass is 10.2. The number of hydrogen-bond donors (Lipinski definition) is 2. The first-order valence-corrected chi connectivity index (χ1v) is 9.75. The van der Waals surface area contributed by atoms with E-state index < -0.39 is 6.03 Å². The summed E-state index contributed by atoms with van der Waals surface area (Å²) < 4.78 is 7.65. The number of amides is 2. The Morgan fingerprint density at radius 3 is 2.47 bits per heavy atom. The van der Waals surface area contributed by atoms with Gasteiger partial charge < -0.3 is 4.74 Å². The monoisotopic (exact) mass is 448 g/mol. The van der Waals surface area contributed by atoms with Gasteiger partial charge in [-0.2, -0.15) is 5.10 Å². The molecule has 3 rings (SSSR count). The molecular formula is C20H22Cl2N6O2. The van der Waals surface area contributed by atoms with E-state index in [2.05, 4.69) is 5.10 Å². The normalized spacial score (nSPS) is 10.8. The van der Waals surface area contributed by atoms with Gasteiger partial charge in [-0.1, -0.05) is 29.3 Å². The highest BCUT2D eigenvalue weighted by molar-refractivity contribution is 6.32. The molecule has 0 radical (unpaired) electrons. The summed E-state index contributed by atoms with van der Waals surface area (Å²) in [7, 11) is 1.40. The number of hydrogen-bond acceptors (Lipinski definition) is 5. The van der Waals surface area contributed by atoms with Gasteiger partial charge in [-0.3, -0.25) is 5.01 Å². The number of nitrogens with zero attached hydrogens (tertiary/aromatic N) is 4. The van der Waals surface area contributed by atoms with Crippen molar-refractivity contribution in [3.63, 3.8) is 0 Å². The van der Waals surface area contributed by atoms with Crippen molar-refractivity contribution in [3.8, 4) is 11.4 Å². The number of carbonyl (C=O) groups excluding carboxylic acids is 1. The molecule has 1 heterocycles. The minimum absolute atomic E-state index is 0.0693. The molecule has 3 aromatic rings. The number of rotatable bonds is 5. The lowest BCUT2D eigenvalue weighted by Gasteiger charge is -2.23. The summed E-state index contributed by atoms with van der Waals surface area (Å²) in [5.41, 5.74) is 3.55. The average Bonchev–Trinajstić information content (AvgIpc) is 3.03. The number of halogens is 2. The van der Waals surface area contributed by atoms with Crippen molar-refractivity contribution in [1.82, 2.24) is 14.8 Å². The third kappa shape index (κ3) is 4.52. The van der Waals surface area contributed by atoms with Gasteiger partial charge in [0.15, 0.2) is 0 Å². The largest absolute Gasteiger partial charge is 0.489 e. The molecule has 8 nitrogen and oxygen atoms in total. The molecule has 0 fully saturated rings. The predicted octanol–water partition coefficient (Wildman–Crippen LogP) is 3.98. The van der Waals surface area contributed by atoms with Crippen LogP contribution in [0.25, 0.3) is 5.69 Å². The molecule has 2 aromatic carbocycles. The van der Waals surface area contributed by atoms with Crippen LogP contribution in [0.4, 0.5) is 10.5 Å². The molecule has 30 heavy (non-hydrogen) atoms. The van der Waals surface area contributed by atoms with Crippen LogP contribution in [0.3, 0.4) is 0 Å². The first-order valence-electron chi connectivity index (χ1n) is 8.99. The summed E-state index contributed by atoms with van der Waals surface area (Å²) in [6.07, 6.45) is 0. The molecule has 0 saturated heterocycles. The van der Waals surface area contributed by atoms with Crippen LogP contribution in [-0.2, 0) is 6.61 Å². The molecule has 1 aromatic heterocycles. The highest BCUT2D eigenvalue weighted by Gasteiger charge is 2.20. The maximum atomic E-state index is 12.1. The standard InChI is InChI=1S/C20H22Cl2N6O2/c1-12-9-13(2)28(25-12)19-8-7-14(10-17(19)22)30-11-15-16(21)5-4-6-18(15)27(24)20(29)26(3)23/h4-10H,11,23-24H2,1-3H3. The van der Waals surface area contributed by atoms with Crippen LogP contribution in [0.1, 0.15) is 17.0 Å². The molecule has 0 saturated carbocycles. The van der Waals surface area contributed by atoms with Crippen molar-refractivity contribution in [2.45, 2.75) is 20.5 Å². The van der Waals surface area contributed by atoms with Gasteiger partial charge in [-0.05, 0) is 44.2 Å². The van der Waals surface area contributed by atoms with E-state index in [1.54, 1.807) is 35.0 Å². The third-order valence-electron chi connectivity index (χ3n) is 4.40. The number of ether oxygens (including phenoxy) is 1. The first-order chi connectivity index (χ1) is 14.2. The van der Waals surface area contributed by atoms with Crippen LogP contribution in [-0.4, -0.2) is 27.9 Å². The van der Waals surface area contributed by atoms with E-state index in [4.69, 9.17) is 39.6 Å². The molecule has 10 heteroatoms. The van der Waals surface area contributed by atoms with Gasteiger partial charge in [-0.15, -0.1) is 0 Å². The number of aromatic nitrogens is 2. The van der Waals surface area contributed by atoms with E-state index in [-0.39, 0.29) is 6.61 Å². The molecule has 158 valence electrons. The van der Waals surface area contributed by atoms with Gasteiger partial charge in [0, 0.05) is 29.4 Å². The highest BCUT2D eigenvalue weighted by atomic mass is 35.5. The molecule has 0 aliphatic carbocycles. The summed E-state index contributed by atoms with van der Waals surface area (Å²) in [6.45, 7) is 3.95. The smallest absolute Gasteiger partial charge is 0.352 e. The zero-order valence-corrected chi connectivity index (χ0v) is 18.3. The molecule has 0 spiro atoms. The van der Waals surface area contributed by atoms with Crippen molar-refractivity contribution in [2.75, 3.05) is 12.1 Å². The Morgan fingerprint density at radius 1 is 1.13 bits per heavy atom. The Bertz CT molecular complexity index is 1080. The van der Waals surface area contributed by atoms with E-state index in [1.165, 1.54) is 7.05 Å². The Morgan fingerprint density at radius 2 is 1.87 bits per heavy atom. The third-order valence-corrected chi connectivity index (χ3v) is 5.06. The predicted molar refractivity (Wildman–Crippen MR) is 118 cm³/mol. The topological polar surface area (TPSA) is 103 Å². The minimum atomic E-state index is -0.601. The van der Waals surface area contributed by atoms with Gasteiger partial charge in [-0.25, -0.2) is 26.2 Å². The van der Waals surface area contributed by atoms with Gasteiger partial charge in [0.2, 0.25) is 0 Å². The molecule has 0 unspecified atom stereocenters. The van der Waals surface area contributed by atoms with E-state index in [9.17, 15) is 4.79 Å². The Balaban J connectivity index is 1.83.